The highest BCUT2D eigenvalue weighted by Gasteiger charge is 2.07. The van der Waals surface area contributed by atoms with Crippen LogP contribution in [-0.4, -0.2) is 22.3 Å². The van der Waals surface area contributed by atoms with E-state index in [4.69, 9.17) is 10.2 Å². The second-order valence-corrected chi connectivity index (χ2v) is 2.39. The molecule has 0 rings (SSSR count). The molecule has 60 valence electrons. The summed E-state index contributed by atoms with van der Waals surface area (Å²) in [6.07, 6.45) is 1.71. The van der Waals surface area contributed by atoms with E-state index >= 15 is 0 Å². The Balaban J connectivity index is 3.25. The average molecular weight is 146 g/mol. The largest absolute Gasteiger partial charge is 0.481 e. The van der Waals surface area contributed by atoms with E-state index < -0.39 is 12.1 Å². The van der Waals surface area contributed by atoms with Crippen LogP contribution in [0.1, 0.15) is 32.6 Å². The van der Waals surface area contributed by atoms with Gasteiger partial charge in [0, 0.05) is 0 Å². The summed E-state index contributed by atoms with van der Waals surface area (Å²) >= 11 is 0. The molecule has 0 amide bonds. The van der Waals surface area contributed by atoms with Crippen molar-refractivity contribution >= 4 is 5.97 Å². The predicted molar refractivity (Wildman–Crippen MR) is 37.8 cm³/mol. The van der Waals surface area contributed by atoms with E-state index in [0.717, 1.165) is 12.8 Å². The fraction of sp³-hybridized carbons (Fsp3) is 0.857. The van der Waals surface area contributed by atoms with Gasteiger partial charge < -0.3 is 10.2 Å². The smallest absolute Gasteiger partial charge is 0.305 e. The number of carboxylic acids is 1. The van der Waals surface area contributed by atoms with Crippen molar-refractivity contribution in [2.75, 3.05) is 0 Å². The number of hydrogen-bond acceptors (Lipinski definition) is 2. The molecule has 3 heteroatoms. The van der Waals surface area contributed by atoms with Crippen molar-refractivity contribution in [2.45, 2.75) is 38.7 Å². The lowest BCUT2D eigenvalue weighted by Gasteiger charge is -2.04. The van der Waals surface area contributed by atoms with Gasteiger partial charge >= 0.3 is 5.97 Å². The second-order valence-electron chi connectivity index (χ2n) is 2.39. The third-order valence-corrected chi connectivity index (χ3v) is 1.30. The number of carboxylic acid groups (broad SMARTS) is 1. The van der Waals surface area contributed by atoms with Gasteiger partial charge in [0.2, 0.25) is 0 Å². The number of carbonyl (C=O) groups is 1. The fourth-order valence-corrected chi connectivity index (χ4v) is 0.743. The summed E-state index contributed by atoms with van der Waals surface area (Å²) in [6, 6.07) is 0. The fourth-order valence-electron chi connectivity index (χ4n) is 0.743. The molecule has 0 aliphatic heterocycles. The maximum atomic E-state index is 10.0. The van der Waals surface area contributed by atoms with E-state index in [1.165, 1.54) is 0 Å². The Labute approximate surface area is 60.7 Å². The minimum atomic E-state index is -0.927. The minimum absolute atomic E-state index is 0.125. The molecule has 0 aromatic carbocycles. The highest BCUT2D eigenvalue weighted by Crippen LogP contribution is 2.03. The van der Waals surface area contributed by atoms with E-state index in [0.29, 0.717) is 6.42 Å². The molecule has 3 nitrogen and oxygen atoms in total. The monoisotopic (exact) mass is 146 g/mol. The van der Waals surface area contributed by atoms with Crippen LogP contribution in [0.25, 0.3) is 0 Å². The Kier molecular flexibility index (Phi) is 4.94. The summed E-state index contributed by atoms with van der Waals surface area (Å²) in [5.41, 5.74) is 0. The van der Waals surface area contributed by atoms with Gasteiger partial charge in [0.15, 0.2) is 0 Å². The Morgan fingerprint density at radius 1 is 1.60 bits per heavy atom. The Morgan fingerprint density at radius 3 is 2.60 bits per heavy atom. The lowest BCUT2D eigenvalue weighted by Crippen LogP contribution is -2.12. The molecule has 0 radical (unpaired) electrons. The van der Waals surface area contributed by atoms with E-state index in [-0.39, 0.29) is 6.42 Å². The minimum Gasteiger partial charge on any atom is -0.481 e. The lowest BCUT2D eigenvalue weighted by atomic mass is 10.1. The van der Waals surface area contributed by atoms with Gasteiger partial charge in [0.05, 0.1) is 12.5 Å². The third kappa shape index (κ3) is 5.56. The van der Waals surface area contributed by atoms with Crippen LogP contribution >= 0.6 is 0 Å². The number of aliphatic hydroxyl groups excluding tert-OH is 1. The van der Waals surface area contributed by atoms with Gasteiger partial charge in [-0.05, 0) is 6.42 Å². The maximum Gasteiger partial charge on any atom is 0.305 e. The molecule has 0 aliphatic rings. The van der Waals surface area contributed by atoms with Crippen LogP contribution in [0.15, 0.2) is 0 Å². The summed E-state index contributed by atoms with van der Waals surface area (Å²) in [5, 5.41) is 17.2. The molecule has 0 aliphatic carbocycles. The Bertz CT molecular complexity index is 101. The first-order valence-electron chi connectivity index (χ1n) is 3.56. The van der Waals surface area contributed by atoms with E-state index in [1.807, 2.05) is 6.92 Å². The summed E-state index contributed by atoms with van der Waals surface area (Å²) in [7, 11) is 0. The molecular formula is C7H14O3. The molecule has 1 atom stereocenters. The topological polar surface area (TPSA) is 57.5 Å². The van der Waals surface area contributed by atoms with Gasteiger partial charge in [-0.15, -0.1) is 0 Å². The molecule has 10 heavy (non-hydrogen) atoms. The van der Waals surface area contributed by atoms with Crippen LogP contribution in [0.4, 0.5) is 0 Å². The molecule has 0 saturated carbocycles. The van der Waals surface area contributed by atoms with Crippen LogP contribution in [0, 0.1) is 0 Å². The zero-order valence-corrected chi connectivity index (χ0v) is 6.21. The highest BCUT2D eigenvalue weighted by atomic mass is 16.4. The van der Waals surface area contributed by atoms with Crippen LogP contribution in [0.5, 0.6) is 0 Å². The second kappa shape index (κ2) is 5.23. The van der Waals surface area contributed by atoms with Crippen molar-refractivity contribution in [3.8, 4) is 0 Å². The van der Waals surface area contributed by atoms with Gasteiger partial charge in [0.1, 0.15) is 0 Å². The van der Waals surface area contributed by atoms with Crippen LogP contribution in [-0.2, 0) is 4.79 Å². The summed E-state index contributed by atoms with van der Waals surface area (Å²) in [6.45, 7) is 2.01. The highest BCUT2D eigenvalue weighted by molar-refractivity contribution is 5.67. The van der Waals surface area contributed by atoms with Gasteiger partial charge in [-0.3, -0.25) is 4.79 Å². The maximum absolute atomic E-state index is 10.0. The molecule has 0 heterocycles. The Hall–Kier alpha value is -0.570. The molecule has 0 saturated heterocycles. The first kappa shape index (κ1) is 9.43. The molecular weight excluding hydrogens is 132 g/mol. The molecule has 0 fully saturated rings. The Morgan fingerprint density at radius 2 is 2.20 bits per heavy atom. The standard InChI is InChI=1S/C7H14O3/c1-2-3-4-6(8)5-7(9)10/h6,8H,2-5H2,1H3,(H,9,10)/t6-/m0/s1. The zero-order chi connectivity index (χ0) is 7.98. The van der Waals surface area contributed by atoms with Crippen molar-refractivity contribution in [3.05, 3.63) is 0 Å². The molecule has 0 bridgehead atoms. The number of aliphatic carboxylic acids is 1. The van der Waals surface area contributed by atoms with Gasteiger partial charge in [0.25, 0.3) is 0 Å². The SMILES string of the molecule is CCCC[C@H](O)CC(=O)O. The molecule has 2 N–H and O–H groups in total. The predicted octanol–water partition coefficient (Wildman–Crippen LogP) is 1.01. The van der Waals surface area contributed by atoms with Crippen molar-refractivity contribution in [1.29, 1.82) is 0 Å². The van der Waals surface area contributed by atoms with Crippen molar-refractivity contribution in [3.63, 3.8) is 0 Å². The zero-order valence-electron chi connectivity index (χ0n) is 6.21. The average Bonchev–Trinajstić information content (AvgIpc) is 1.82. The third-order valence-electron chi connectivity index (χ3n) is 1.30. The van der Waals surface area contributed by atoms with Crippen LogP contribution in [0.2, 0.25) is 0 Å². The number of unbranched alkanes of at least 4 members (excludes halogenated alkanes) is 1. The quantitative estimate of drug-likeness (QED) is 0.608. The van der Waals surface area contributed by atoms with Crippen molar-refractivity contribution < 1.29 is 15.0 Å². The summed E-state index contributed by atoms with van der Waals surface area (Å²) in [5.74, 6) is -0.927. The van der Waals surface area contributed by atoms with Crippen molar-refractivity contribution in [1.82, 2.24) is 0 Å². The molecule has 0 aromatic heterocycles. The van der Waals surface area contributed by atoms with Gasteiger partial charge in [-0.25, -0.2) is 0 Å². The van der Waals surface area contributed by atoms with Crippen molar-refractivity contribution in [2.24, 2.45) is 0 Å². The number of rotatable bonds is 5. The first-order valence-corrected chi connectivity index (χ1v) is 3.56. The number of aliphatic hydroxyl groups is 1. The summed E-state index contributed by atoms with van der Waals surface area (Å²) < 4.78 is 0. The molecule has 0 spiro atoms. The van der Waals surface area contributed by atoms with E-state index in [2.05, 4.69) is 0 Å². The van der Waals surface area contributed by atoms with E-state index in [9.17, 15) is 4.79 Å². The van der Waals surface area contributed by atoms with Crippen LogP contribution in [0.3, 0.4) is 0 Å². The first-order chi connectivity index (χ1) is 4.66. The van der Waals surface area contributed by atoms with Gasteiger partial charge in [-0.1, -0.05) is 19.8 Å². The normalized spacial score (nSPS) is 13.0. The van der Waals surface area contributed by atoms with E-state index in [1.54, 1.807) is 0 Å². The lowest BCUT2D eigenvalue weighted by molar-refractivity contribution is -0.139. The van der Waals surface area contributed by atoms with Crippen LogP contribution < -0.4 is 0 Å². The molecule has 0 unspecified atom stereocenters. The number of hydrogen-bond donors (Lipinski definition) is 2. The molecule has 0 aromatic rings. The summed E-state index contributed by atoms with van der Waals surface area (Å²) in [4.78, 5) is 10.0. The van der Waals surface area contributed by atoms with Gasteiger partial charge in [-0.2, -0.15) is 0 Å².